The summed E-state index contributed by atoms with van der Waals surface area (Å²) in [6.07, 6.45) is 0.266. The van der Waals surface area contributed by atoms with Crippen LogP contribution in [0.15, 0.2) is 48.5 Å². The number of benzene rings is 2. The summed E-state index contributed by atoms with van der Waals surface area (Å²) in [5.74, 6) is 1.20. The fourth-order valence-electron chi connectivity index (χ4n) is 2.39. The zero-order valence-corrected chi connectivity index (χ0v) is 15.0. The third-order valence-corrected chi connectivity index (χ3v) is 3.90. The second kappa shape index (κ2) is 8.44. The number of halogens is 1. The number of hydrogen-bond donors (Lipinski definition) is 1. The summed E-state index contributed by atoms with van der Waals surface area (Å²) in [5, 5.41) is 15.1. The maximum Gasteiger partial charge on any atom is 0.224 e. The van der Waals surface area contributed by atoms with Crippen molar-refractivity contribution in [1.29, 1.82) is 0 Å². The molecule has 1 aromatic heterocycles. The number of hydrogen-bond acceptors (Lipinski definition) is 5. The van der Waals surface area contributed by atoms with Gasteiger partial charge in [0.25, 0.3) is 0 Å². The molecule has 3 aromatic rings. The average Bonchev–Trinajstić information content (AvgIpc) is 3.11. The molecule has 1 N–H and O–H groups in total. The van der Waals surface area contributed by atoms with Gasteiger partial charge in [-0.2, -0.15) is 4.68 Å². The van der Waals surface area contributed by atoms with E-state index in [1.807, 2.05) is 43.3 Å². The highest BCUT2D eigenvalue weighted by atomic mass is 35.5. The molecule has 134 valence electrons. The summed E-state index contributed by atoms with van der Waals surface area (Å²) in [5.41, 5.74) is 1.68. The van der Waals surface area contributed by atoms with E-state index < -0.39 is 0 Å². The number of tetrazole rings is 1. The Hall–Kier alpha value is -2.93. The maximum absolute atomic E-state index is 12.1. The quantitative estimate of drug-likeness (QED) is 0.690. The summed E-state index contributed by atoms with van der Waals surface area (Å²) in [4.78, 5) is 12.1. The molecule has 0 atom stereocenters. The average molecular weight is 372 g/mol. The molecule has 0 fully saturated rings. The monoisotopic (exact) mass is 371 g/mol. The third-order valence-electron chi connectivity index (χ3n) is 3.65. The molecular weight excluding hydrogens is 354 g/mol. The SMILES string of the molecule is CCOc1ccc(-n2nnnc2CNC(=O)Cc2ccc(Cl)cc2)cc1. The molecule has 0 aliphatic rings. The Morgan fingerprint density at radius 3 is 2.58 bits per heavy atom. The van der Waals surface area contributed by atoms with Gasteiger partial charge in [0.05, 0.1) is 25.3 Å². The lowest BCUT2D eigenvalue weighted by atomic mass is 10.1. The first-order chi connectivity index (χ1) is 12.7. The molecule has 26 heavy (non-hydrogen) atoms. The minimum Gasteiger partial charge on any atom is -0.494 e. The van der Waals surface area contributed by atoms with Crippen LogP contribution in [0.3, 0.4) is 0 Å². The first-order valence-electron chi connectivity index (χ1n) is 8.17. The highest BCUT2D eigenvalue weighted by molar-refractivity contribution is 6.30. The van der Waals surface area contributed by atoms with Gasteiger partial charge in [0.2, 0.25) is 5.91 Å². The molecule has 7 nitrogen and oxygen atoms in total. The Kier molecular flexibility index (Phi) is 5.80. The first kappa shape index (κ1) is 17.9. The molecule has 1 amide bonds. The van der Waals surface area contributed by atoms with Gasteiger partial charge in [-0.3, -0.25) is 4.79 Å². The highest BCUT2D eigenvalue weighted by Gasteiger charge is 2.10. The molecule has 0 saturated heterocycles. The van der Waals surface area contributed by atoms with Gasteiger partial charge in [-0.25, -0.2) is 0 Å². The van der Waals surface area contributed by atoms with E-state index >= 15 is 0 Å². The second-order valence-corrected chi connectivity index (χ2v) is 5.95. The van der Waals surface area contributed by atoms with Crippen molar-refractivity contribution in [2.45, 2.75) is 19.9 Å². The Labute approximate surface area is 155 Å². The molecule has 0 aliphatic carbocycles. The normalized spacial score (nSPS) is 10.5. The van der Waals surface area contributed by atoms with E-state index in [0.29, 0.717) is 17.5 Å². The van der Waals surface area contributed by atoms with E-state index in [-0.39, 0.29) is 18.9 Å². The fraction of sp³-hybridized carbons (Fsp3) is 0.222. The molecule has 0 spiro atoms. The summed E-state index contributed by atoms with van der Waals surface area (Å²) >= 11 is 5.85. The maximum atomic E-state index is 12.1. The van der Waals surface area contributed by atoms with Crippen LogP contribution in [0.4, 0.5) is 0 Å². The zero-order chi connectivity index (χ0) is 18.4. The minimum atomic E-state index is -0.117. The lowest BCUT2D eigenvalue weighted by Gasteiger charge is -2.08. The largest absolute Gasteiger partial charge is 0.494 e. The molecular formula is C18H18ClN5O2. The highest BCUT2D eigenvalue weighted by Crippen LogP contribution is 2.15. The molecule has 0 radical (unpaired) electrons. The van der Waals surface area contributed by atoms with Crippen molar-refractivity contribution >= 4 is 17.5 Å². The number of amides is 1. The Morgan fingerprint density at radius 2 is 1.88 bits per heavy atom. The number of nitrogens with zero attached hydrogens (tertiary/aromatic N) is 4. The van der Waals surface area contributed by atoms with Crippen LogP contribution >= 0.6 is 11.6 Å². The molecule has 0 unspecified atom stereocenters. The summed E-state index contributed by atoms with van der Waals surface area (Å²) < 4.78 is 7.01. The van der Waals surface area contributed by atoms with Gasteiger partial charge in [0.15, 0.2) is 5.82 Å². The van der Waals surface area contributed by atoms with Gasteiger partial charge in [-0.15, -0.1) is 5.10 Å². The summed E-state index contributed by atoms with van der Waals surface area (Å²) in [6, 6.07) is 14.6. The predicted octanol–water partition coefficient (Wildman–Crippen LogP) is 2.57. The number of aromatic nitrogens is 4. The Balaban J connectivity index is 1.61. The molecule has 3 rings (SSSR count). The standard InChI is InChI=1S/C18H18ClN5O2/c1-2-26-16-9-7-15(8-10-16)24-17(21-22-23-24)12-20-18(25)11-13-3-5-14(19)6-4-13/h3-10H,2,11-12H2,1H3,(H,20,25). The molecule has 2 aromatic carbocycles. The van der Waals surface area contributed by atoms with Crippen LogP contribution in [0.2, 0.25) is 5.02 Å². The van der Waals surface area contributed by atoms with Gasteiger partial charge in [-0.05, 0) is 59.3 Å². The van der Waals surface area contributed by atoms with E-state index in [0.717, 1.165) is 17.0 Å². The molecule has 0 bridgehead atoms. The van der Waals surface area contributed by atoms with E-state index in [2.05, 4.69) is 20.8 Å². The van der Waals surface area contributed by atoms with Crippen molar-refractivity contribution in [1.82, 2.24) is 25.5 Å². The fourth-order valence-corrected chi connectivity index (χ4v) is 2.52. The zero-order valence-electron chi connectivity index (χ0n) is 14.2. The van der Waals surface area contributed by atoms with Crippen molar-refractivity contribution in [3.8, 4) is 11.4 Å². The molecule has 0 saturated carbocycles. The number of nitrogens with one attached hydrogen (secondary N) is 1. The number of rotatable bonds is 7. The van der Waals surface area contributed by atoms with Crippen LogP contribution in [0.1, 0.15) is 18.3 Å². The Bertz CT molecular complexity index is 862. The summed E-state index contributed by atoms with van der Waals surface area (Å²) in [6.45, 7) is 2.77. The Morgan fingerprint density at radius 1 is 1.15 bits per heavy atom. The lowest BCUT2D eigenvalue weighted by molar-refractivity contribution is -0.120. The van der Waals surface area contributed by atoms with E-state index in [4.69, 9.17) is 16.3 Å². The molecule has 0 aliphatic heterocycles. The van der Waals surface area contributed by atoms with Gasteiger partial charge >= 0.3 is 0 Å². The van der Waals surface area contributed by atoms with Gasteiger partial charge < -0.3 is 10.1 Å². The predicted molar refractivity (Wildman–Crippen MR) is 97.3 cm³/mol. The topological polar surface area (TPSA) is 81.9 Å². The van der Waals surface area contributed by atoms with Crippen LogP contribution < -0.4 is 10.1 Å². The van der Waals surface area contributed by atoms with Crippen molar-refractivity contribution in [2.75, 3.05) is 6.61 Å². The van der Waals surface area contributed by atoms with Crippen LogP contribution in [-0.4, -0.2) is 32.7 Å². The first-order valence-corrected chi connectivity index (χ1v) is 8.55. The third kappa shape index (κ3) is 4.58. The van der Waals surface area contributed by atoms with Gasteiger partial charge in [0, 0.05) is 5.02 Å². The lowest BCUT2D eigenvalue weighted by Crippen LogP contribution is -2.26. The molecule has 8 heteroatoms. The number of ether oxygens (including phenoxy) is 1. The van der Waals surface area contributed by atoms with Crippen LogP contribution in [0.25, 0.3) is 5.69 Å². The number of carbonyl (C=O) groups excluding carboxylic acids is 1. The molecule has 1 heterocycles. The smallest absolute Gasteiger partial charge is 0.224 e. The summed E-state index contributed by atoms with van der Waals surface area (Å²) in [7, 11) is 0. The van der Waals surface area contributed by atoms with Crippen LogP contribution in [-0.2, 0) is 17.8 Å². The van der Waals surface area contributed by atoms with E-state index in [1.54, 1.807) is 16.8 Å². The van der Waals surface area contributed by atoms with Crippen molar-refractivity contribution in [2.24, 2.45) is 0 Å². The van der Waals surface area contributed by atoms with Crippen LogP contribution in [0, 0.1) is 0 Å². The minimum absolute atomic E-state index is 0.117. The van der Waals surface area contributed by atoms with E-state index in [9.17, 15) is 4.79 Å². The van der Waals surface area contributed by atoms with Gasteiger partial charge in [-0.1, -0.05) is 23.7 Å². The van der Waals surface area contributed by atoms with E-state index in [1.165, 1.54) is 0 Å². The van der Waals surface area contributed by atoms with Crippen LogP contribution in [0.5, 0.6) is 5.75 Å². The number of carbonyl (C=O) groups is 1. The van der Waals surface area contributed by atoms with Crippen molar-refractivity contribution in [3.63, 3.8) is 0 Å². The van der Waals surface area contributed by atoms with Crippen molar-refractivity contribution in [3.05, 3.63) is 64.9 Å². The van der Waals surface area contributed by atoms with Crippen molar-refractivity contribution < 1.29 is 9.53 Å². The second-order valence-electron chi connectivity index (χ2n) is 5.51. The van der Waals surface area contributed by atoms with Gasteiger partial charge in [0.1, 0.15) is 5.75 Å².